The zero-order valence-electron chi connectivity index (χ0n) is 32.1. The van der Waals surface area contributed by atoms with Crippen LogP contribution in [0.4, 0.5) is 22.7 Å². The van der Waals surface area contributed by atoms with Gasteiger partial charge in [-0.1, -0.05) is 170 Å². The van der Waals surface area contributed by atoms with Crippen LogP contribution in [0.2, 0.25) is 0 Å². The molecular formula is C54H36N4Si-. The highest BCUT2D eigenvalue weighted by Crippen LogP contribution is 2.57. The zero-order chi connectivity index (χ0) is 38.7. The van der Waals surface area contributed by atoms with E-state index in [-0.39, 0.29) is 0 Å². The summed E-state index contributed by atoms with van der Waals surface area (Å²) in [6, 6.07) is 81.2. The molecule has 0 amide bonds. The average Bonchev–Trinajstić information content (AvgIpc) is 3.91. The minimum Gasteiger partial charge on any atom is -0.442 e. The van der Waals surface area contributed by atoms with Gasteiger partial charge in [-0.15, -0.1) is 0 Å². The molecule has 277 valence electrons. The molecule has 0 radical (unpaired) electrons. The Kier molecular flexibility index (Phi) is 6.72. The quantitative estimate of drug-likeness (QED) is 0.166. The van der Waals surface area contributed by atoms with E-state index in [1.807, 2.05) is 0 Å². The van der Waals surface area contributed by atoms with Crippen molar-refractivity contribution in [2.24, 2.45) is 0 Å². The van der Waals surface area contributed by atoms with Crippen LogP contribution >= 0.6 is 0 Å². The van der Waals surface area contributed by atoms with E-state index in [1.165, 1.54) is 88.4 Å². The van der Waals surface area contributed by atoms with E-state index in [1.54, 1.807) is 0 Å². The smallest absolute Gasteiger partial charge is 0.308 e. The fourth-order valence-electron chi connectivity index (χ4n) is 10.4. The number of nitrogens with zero attached hydrogens (tertiary/aromatic N) is 4. The van der Waals surface area contributed by atoms with Gasteiger partial charge in [-0.25, -0.2) is 0 Å². The van der Waals surface area contributed by atoms with Gasteiger partial charge in [0.2, 0.25) is 0 Å². The molecule has 0 atom stereocenters. The SMILES string of the molecule is c1ccc(-c2cccc(N3c4ccccc4N(c4cccc(-c5ccccc5)c4)[Si-]34n3c5ccccc5c5cccc(c53)-c3cccc5c6ccccc6n4c35)c2)cc1. The third-order valence-corrected chi connectivity index (χ3v) is 17.0. The van der Waals surface area contributed by atoms with Gasteiger partial charge in [0.25, 0.3) is 0 Å². The number of hydrogen-bond donors (Lipinski definition) is 0. The van der Waals surface area contributed by atoms with Crippen molar-refractivity contribution >= 4 is 75.1 Å². The van der Waals surface area contributed by atoms with Crippen LogP contribution < -0.4 is 9.13 Å². The molecule has 0 bridgehead atoms. The molecule has 11 aromatic rings. The summed E-state index contributed by atoms with van der Waals surface area (Å²) in [5.41, 5.74) is 16.9. The summed E-state index contributed by atoms with van der Waals surface area (Å²) in [6.45, 7) is 0. The number of aromatic nitrogens is 2. The molecule has 4 heterocycles. The molecule has 5 heteroatoms. The van der Waals surface area contributed by atoms with Gasteiger partial charge < -0.3 is 17.6 Å². The predicted octanol–water partition coefficient (Wildman–Crippen LogP) is 14.0. The Balaban J connectivity index is 1.29. The van der Waals surface area contributed by atoms with Crippen molar-refractivity contribution in [3.8, 4) is 33.4 Å². The average molecular weight is 769 g/mol. The van der Waals surface area contributed by atoms with Gasteiger partial charge in [0.05, 0.1) is 0 Å². The number of hydrogen-bond acceptors (Lipinski definition) is 2. The molecule has 0 saturated heterocycles. The molecule has 2 aliphatic rings. The number of rotatable bonds is 4. The summed E-state index contributed by atoms with van der Waals surface area (Å²) >= 11 is 0. The lowest BCUT2D eigenvalue weighted by molar-refractivity contribution is 1.04. The first-order valence-electron chi connectivity index (χ1n) is 20.4. The van der Waals surface area contributed by atoms with E-state index in [4.69, 9.17) is 0 Å². The largest absolute Gasteiger partial charge is 0.442 e. The van der Waals surface area contributed by atoms with E-state index >= 15 is 0 Å². The highest BCUT2D eigenvalue weighted by Gasteiger charge is 2.51. The molecule has 4 nitrogen and oxygen atoms in total. The van der Waals surface area contributed by atoms with E-state index in [0.29, 0.717) is 0 Å². The van der Waals surface area contributed by atoms with Crippen LogP contribution in [0.5, 0.6) is 0 Å². The molecule has 0 N–H and O–H groups in total. The lowest BCUT2D eigenvalue weighted by Crippen LogP contribution is -2.70. The Labute approximate surface area is 343 Å². The highest BCUT2D eigenvalue weighted by atomic mass is 28.4. The van der Waals surface area contributed by atoms with Crippen LogP contribution in [0, 0.1) is 0 Å². The molecule has 59 heavy (non-hydrogen) atoms. The fraction of sp³-hybridized carbons (Fsp3) is 0. The summed E-state index contributed by atoms with van der Waals surface area (Å²) in [4.78, 5) is 0. The molecule has 2 aromatic heterocycles. The molecule has 9 aromatic carbocycles. The molecule has 2 aliphatic heterocycles. The monoisotopic (exact) mass is 768 g/mol. The van der Waals surface area contributed by atoms with Crippen molar-refractivity contribution in [2.45, 2.75) is 0 Å². The molecule has 1 spiro atoms. The lowest BCUT2D eigenvalue weighted by atomic mass is 9.99. The second kappa shape index (κ2) is 12.2. The van der Waals surface area contributed by atoms with E-state index < -0.39 is 8.72 Å². The van der Waals surface area contributed by atoms with Crippen LogP contribution in [0.25, 0.3) is 77.0 Å². The van der Waals surface area contributed by atoms with E-state index in [0.717, 1.165) is 11.4 Å². The highest BCUT2D eigenvalue weighted by molar-refractivity contribution is 6.91. The van der Waals surface area contributed by atoms with Crippen molar-refractivity contribution in [1.29, 1.82) is 0 Å². The van der Waals surface area contributed by atoms with Gasteiger partial charge in [0.15, 0.2) is 0 Å². The van der Waals surface area contributed by atoms with E-state index in [9.17, 15) is 0 Å². The maximum Gasteiger partial charge on any atom is 0.308 e. The second-order valence-corrected chi connectivity index (χ2v) is 18.7. The second-order valence-electron chi connectivity index (χ2n) is 15.7. The van der Waals surface area contributed by atoms with Gasteiger partial charge >= 0.3 is 8.72 Å². The van der Waals surface area contributed by atoms with Crippen molar-refractivity contribution in [3.63, 3.8) is 0 Å². The molecule has 0 saturated carbocycles. The molecule has 0 unspecified atom stereocenters. The Morgan fingerprint density at radius 3 is 1.14 bits per heavy atom. The summed E-state index contributed by atoms with van der Waals surface area (Å²) in [7, 11) is -3.69. The number of fused-ring (bicyclic) bond motifs is 10. The Morgan fingerprint density at radius 2 is 0.661 bits per heavy atom. The lowest BCUT2D eigenvalue weighted by Gasteiger charge is -2.57. The topological polar surface area (TPSA) is 16.3 Å². The minimum absolute atomic E-state index is 1.15. The van der Waals surface area contributed by atoms with Crippen LogP contribution in [-0.2, 0) is 0 Å². The summed E-state index contributed by atoms with van der Waals surface area (Å²) in [5.74, 6) is 0. The van der Waals surface area contributed by atoms with Gasteiger partial charge in [0, 0.05) is 77.5 Å². The van der Waals surface area contributed by atoms with Gasteiger partial charge in [-0.05, 0) is 70.8 Å². The van der Waals surface area contributed by atoms with Crippen molar-refractivity contribution < 1.29 is 0 Å². The Morgan fingerprint density at radius 1 is 0.288 bits per heavy atom. The maximum absolute atomic E-state index is 3.69. The zero-order valence-corrected chi connectivity index (χ0v) is 33.1. The minimum atomic E-state index is -3.69. The third-order valence-electron chi connectivity index (χ3n) is 12.7. The van der Waals surface area contributed by atoms with Gasteiger partial charge in [0.1, 0.15) is 0 Å². The van der Waals surface area contributed by atoms with Crippen molar-refractivity contribution in [2.75, 3.05) is 9.13 Å². The standard InChI is InChI=1S/C54H36N4Si/c1-3-17-37(18-4-1)39-21-13-23-41(35-39)55-51-33-11-12-34-52(51)56(42-24-14-22-40(36-42)38-19-5-2-6-20-38)59(55)57-49-31-9-7-25-43(49)45-27-15-29-47(53(45)57)48-30-16-28-46-44-26-8-10-32-50(44)58(59)54(46)48/h1-36H/q-1. The molecule has 0 fully saturated rings. The van der Waals surface area contributed by atoms with Gasteiger partial charge in [-0.2, -0.15) is 0 Å². The van der Waals surface area contributed by atoms with Crippen LogP contribution in [0.1, 0.15) is 0 Å². The van der Waals surface area contributed by atoms with Gasteiger partial charge in [-0.3, -0.25) is 0 Å². The molecule has 0 aliphatic carbocycles. The van der Waals surface area contributed by atoms with Crippen LogP contribution in [0.3, 0.4) is 0 Å². The van der Waals surface area contributed by atoms with E-state index in [2.05, 4.69) is 236 Å². The third kappa shape index (κ3) is 4.32. The number of para-hydroxylation sites is 6. The summed E-state index contributed by atoms with van der Waals surface area (Å²) in [5, 5.41) is 5.05. The molecular weight excluding hydrogens is 733 g/mol. The molecule has 13 rings (SSSR count). The fourth-order valence-corrected chi connectivity index (χ4v) is 15.7. The predicted molar refractivity (Wildman–Crippen MR) is 249 cm³/mol. The maximum atomic E-state index is 2.81. The van der Waals surface area contributed by atoms with Crippen molar-refractivity contribution in [1.82, 2.24) is 8.47 Å². The van der Waals surface area contributed by atoms with Crippen molar-refractivity contribution in [3.05, 3.63) is 218 Å². The Hall–Kier alpha value is -7.60. The first kappa shape index (κ1) is 32.5. The summed E-state index contributed by atoms with van der Waals surface area (Å²) < 4.78 is 11.1. The number of benzene rings is 9. The van der Waals surface area contributed by atoms with Crippen LogP contribution in [0.15, 0.2) is 218 Å². The first-order valence-corrected chi connectivity index (χ1v) is 22.2. The Bertz CT molecular complexity index is 3240. The van der Waals surface area contributed by atoms with Crippen LogP contribution in [-0.4, -0.2) is 17.2 Å². The normalized spacial score (nSPS) is 13.8. The first-order chi connectivity index (χ1) is 29.3. The number of anilines is 4. The summed E-state index contributed by atoms with van der Waals surface area (Å²) in [6.07, 6.45) is 0.